The van der Waals surface area contributed by atoms with Crippen LogP contribution in [0.1, 0.15) is 19.3 Å². The minimum absolute atomic E-state index is 0.175. The van der Waals surface area contributed by atoms with Gasteiger partial charge in [-0.1, -0.05) is 4.48 Å². The summed E-state index contributed by atoms with van der Waals surface area (Å²) in [5, 5.41) is 0. The molecule has 0 aromatic rings. The van der Waals surface area contributed by atoms with E-state index in [-0.39, 0.29) is 12.8 Å². The zero-order valence-electron chi connectivity index (χ0n) is 6.54. The molecule has 13 heavy (non-hydrogen) atoms. The summed E-state index contributed by atoms with van der Waals surface area (Å²) >= 11 is 0. The highest BCUT2D eigenvalue weighted by Crippen LogP contribution is 2.43. The lowest BCUT2D eigenvalue weighted by Crippen LogP contribution is -2.34. The van der Waals surface area contributed by atoms with Crippen molar-refractivity contribution in [3.8, 4) is 0 Å². The highest BCUT2D eigenvalue weighted by atomic mass is 19.2. The van der Waals surface area contributed by atoms with E-state index in [1.54, 1.807) is 0 Å². The third-order valence-corrected chi connectivity index (χ3v) is 2.02. The van der Waals surface area contributed by atoms with Crippen LogP contribution in [0.5, 0.6) is 0 Å². The lowest BCUT2D eigenvalue weighted by Gasteiger charge is -2.31. The van der Waals surface area contributed by atoms with Gasteiger partial charge in [-0.05, 0) is 19.3 Å². The van der Waals surface area contributed by atoms with E-state index in [1.165, 1.54) is 0 Å². The van der Waals surface area contributed by atoms with Crippen LogP contribution in [0.25, 0.3) is 0 Å². The van der Waals surface area contributed by atoms with Gasteiger partial charge in [-0.15, -0.1) is 0 Å². The maximum Gasteiger partial charge on any atom is 0.310 e. The summed E-state index contributed by atoms with van der Waals surface area (Å²) in [4.78, 5) is 10.2. The van der Waals surface area contributed by atoms with Crippen molar-refractivity contribution in [2.24, 2.45) is 0 Å². The molecule has 74 valence electrons. The minimum Gasteiger partial charge on any atom is -0.264 e. The van der Waals surface area contributed by atoms with Gasteiger partial charge in [-0.2, -0.15) is 9.93 Å². The van der Waals surface area contributed by atoms with Crippen LogP contribution in [0, 0.1) is 0 Å². The van der Waals surface area contributed by atoms with Gasteiger partial charge in [0.15, 0.2) is 11.5 Å². The summed E-state index contributed by atoms with van der Waals surface area (Å²) in [6, 6.07) is 0. The number of carbonyl (C=O) groups is 1. The molecular formula is C7H7F4NO. The summed E-state index contributed by atoms with van der Waals surface area (Å²) < 4.78 is 49.7. The number of rotatable bonds is 2. The third-order valence-electron chi connectivity index (χ3n) is 2.02. The van der Waals surface area contributed by atoms with Crippen LogP contribution in [-0.2, 0) is 4.79 Å². The summed E-state index contributed by atoms with van der Waals surface area (Å²) in [6.07, 6.45) is 0.0755. The summed E-state index contributed by atoms with van der Waals surface area (Å²) in [7, 11) is 0. The SMILES string of the molecule is O=C(NF)C(F)=C(F)C1(F)CCC1. The van der Waals surface area contributed by atoms with E-state index in [9.17, 15) is 22.4 Å². The number of allylic oxidation sites excluding steroid dienone is 1. The number of hydrogen-bond acceptors (Lipinski definition) is 1. The minimum atomic E-state index is -2.41. The Bertz CT molecular complexity index is 259. The zero-order valence-corrected chi connectivity index (χ0v) is 6.54. The van der Waals surface area contributed by atoms with E-state index in [0.29, 0.717) is 12.0 Å². The molecule has 0 spiro atoms. The third kappa shape index (κ3) is 1.66. The predicted molar refractivity (Wildman–Crippen MR) is 36.2 cm³/mol. The summed E-state index contributed by atoms with van der Waals surface area (Å²) in [5.74, 6) is -5.72. The van der Waals surface area contributed by atoms with E-state index in [0.717, 1.165) is 0 Å². The number of hydrogen-bond donors (Lipinski definition) is 1. The van der Waals surface area contributed by atoms with Crippen LogP contribution < -0.4 is 5.54 Å². The van der Waals surface area contributed by atoms with Crippen molar-refractivity contribution in [3.05, 3.63) is 11.7 Å². The van der Waals surface area contributed by atoms with Crippen molar-refractivity contribution in [1.29, 1.82) is 0 Å². The predicted octanol–water partition coefficient (Wildman–Crippen LogP) is 2.03. The Kier molecular flexibility index (Phi) is 2.58. The van der Waals surface area contributed by atoms with Crippen LogP contribution >= 0.6 is 0 Å². The van der Waals surface area contributed by atoms with Crippen molar-refractivity contribution in [2.45, 2.75) is 24.9 Å². The van der Waals surface area contributed by atoms with Crippen LogP contribution in [-0.4, -0.2) is 11.6 Å². The molecule has 0 aromatic heterocycles. The number of carbonyl (C=O) groups excluding carboxylic acids is 1. The average Bonchev–Trinajstić information content (AvgIpc) is 2.10. The molecule has 0 heterocycles. The normalized spacial score (nSPS) is 21.5. The Morgan fingerprint density at radius 3 is 2.15 bits per heavy atom. The zero-order chi connectivity index (χ0) is 10.1. The van der Waals surface area contributed by atoms with Gasteiger partial charge in [-0.3, -0.25) is 4.79 Å². The molecule has 1 fully saturated rings. The maximum absolute atomic E-state index is 13.1. The van der Waals surface area contributed by atoms with Gasteiger partial charge in [0, 0.05) is 0 Å². The van der Waals surface area contributed by atoms with Crippen LogP contribution in [0.15, 0.2) is 11.7 Å². The van der Waals surface area contributed by atoms with Crippen LogP contribution in [0.3, 0.4) is 0 Å². The lowest BCUT2D eigenvalue weighted by molar-refractivity contribution is -0.123. The van der Waals surface area contributed by atoms with Crippen LogP contribution in [0.2, 0.25) is 0 Å². The molecule has 0 atom stereocenters. The van der Waals surface area contributed by atoms with Crippen molar-refractivity contribution < 1.29 is 22.4 Å². The van der Waals surface area contributed by atoms with Crippen LogP contribution in [0.4, 0.5) is 17.7 Å². The van der Waals surface area contributed by atoms with Crippen molar-refractivity contribution >= 4 is 5.91 Å². The standard InChI is InChI=1S/C7H7F4NO/c8-4(6(13)12-11)5(9)7(10)2-1-3-7/h1-3H2,(H,12,13). The Morgan fingerprint density at radius 2 is 1.85 bits per heavy atom. The summed E-state index contributed by atoms with van der Waals surface area (Å²) in [6.45, 7) is 0. The second kappa shape index (κ2) is 3.35. The Labute approximate surface area is 71.5 Å². The van der Waals surface area contributed by atoms with E-state index >= 15 is 0 Å². The van der Waals surface area contributed by atoms with Crippen molar-refractivity contribution in [3.63, 3.8) is 0 Å². The molecule has 0 radical (unpaired) electrons. The molecule has 0 bridgehead atoms. The molecule has 1 N–H and O–H groups in total. The smallest absolute Gasteiger partial charge is 0.264 e. The fraction of sp³-hybridized carbons (Fsp3) is 0.571. The van der Waals surface area contributed by atoms with Gasteiger partial charge < -0.3 is 0 Å². The van der Waals surface area contributed by atoms with Crippen molar-refractivity contribution in [2.75, 3.05) is 0 Å². The maximum atomic E-state index is 13.1. The number of nitrogens with one attached hydrogen (secondary N) is 1. The highest BCUT2D eigenvalue weighted by Gasteiger charge is 2.45. The van der Waals surface area contributed by atoms with Gasteiger partial charge in [0.2, 0.25) is 5.83 Å². The second-order valence-electron chi connectivity index (χ2n) is 2.87. The quantitative estimate of drug-likeness (QED) is 0.409. The Hall–Kier alpha value is -1.07. The average molecular weight is 197 g/mol. The molecule has 0 saturated heterocycles. The van der Waals surface area contributed by atoms with E-state index in [2.05, 4.69) is 0 Å². The van der Waals surface area contributed by atoms with E-state index in [1.807, 2.05) is 0 Å². The number of halogens is 4. The van der Waals surface area contributed by atoms with Gasteiger partial charge in [0.1, 0.15) is 0 Å². The Morgan fingerprint density at radius 1 is 1.31 bits per heavy atom. The molecule has 1 saturated carbocycles. The molecule has 2 nitrogen and oxygen atoms in total. The summed E-state index contributed by atoms with van der Waals surface area (Å²) in [5.41, 5.74) is -2.02. The molecule has 1 amide bonds. The van der Waals surface area contributed by atoms with E-state index in [4.69, 9.17) is 0 Å². The fourth-order valence-electron chi connectivity index (χ4n) is 1.04. The van der Waals surface area contributed by atoms with Gasteiger partial charge >= 0.3 is 5.91 Å². The first-order valence-electron chi connectivity index (χ1n) is 3.67. The Balaban J connectivity index is 2.84. The molecule has 0 aromatic carbocycles. The van der Waals surface area contributed by atoms with Gasteiger partial charge in [-0.25, -0.2) is 8.78 Å². The molecule has 0 aliphatic heterocycles. The molecule has 6 heteroatoms. The molecular weight excluding hydrogens is 190 g/mol. The van der Waals surface area contributed by atoms with E-state index < -0.39 is 23.2 Å². The molecule has 0 unspecified atom stereocenters. The first-order chi connectivity index (χ1) is 6.01. The number of amides is 1. The molecule has 1 aliphatic rings. The molecule has 1 rings (SSSR count). The first kappa shape index (κ1) is 10.0. The monoisotopic (exact) mass is 197 g/mol. The number of alkyl halides is 1. The lowest BCUT2D eigenvalue weighted by atomic mass is 9.80. The largest absolute Gasteiger partial charge is 0.310 e. The highest BCUT2D eigenvalue weighted by molar-refractivity contribution is 5.91. The fourth-order valence-corrected chi connectivity index (χ4v) is 1.04. The van der Waals surface area contributed by atoms with Gasteiger partial charge in [0.05, 0.1) is 0 Å². The topological polar surface area (TPSA) is 29.1 Å². The van der Waals surface area contributed by atoms with Gasteiger partial charge in [0.25, 0.3) is 0 Å². The molecule has 1 aliphatic carbocycles. The van der Waals surface area contributed by atoms with Crippen molar-refractivity contribution in [1.82, 2.24) is 5.54 Å². The first-order valence-corrected chi connectivity index (χ1v) is 3.67. The second-order valence-corrected chi connectivity index (χ2v) is 2.87.